The third kappa shape index (κ3) is 4.86. The van der Waals surface area contributed by atoms with Crippen LogP contribution in [0.4, 0.5) is 0 Å². The molecule has 0 heterocycles. The Morgan fingerprint density at radius 3 is 2.21 bits per heavy atom. The largest absolute Gasteiger partial charge is 0.399 e. The molecule has 0 aromatic heterocycles. The average molecular weight is 333 g/mol. The van der Waals surface area contributed by atoms with E-state index < -0.39 is 0 Å². The molecule has 3 aliphatic rings. The number of hydrogen-bond donors (Lipinski definition) is 2. The molecular weight excluding hydrogens is 296 g/mol. The Hall–Kier alpha value is -0.800. The zero-order valence-corrected chi connectivity index (χ0v) is 15.4. The predicted molar refractivity (Wildman–Crippen MR) is 100 cm³/mol. The fraction of sp³-hybridized carbons (Fsp3) is 0.810. The average Bonchev–Trinajstić information content (AvgIpc) is 2.60. The molecule has 0 radical (unpaired) electrons. The lowest BCUT2D eigenvalue weighted by molar-refractivity contribution is 0.0171. The number of rotatable bonds is 5. The summed E-state index contributed by atoms with van der Waals surface area (Å²) in [6.07, 6.45) is 17.8. The van der Waals surface area contributed by atoms with Gasteiger partial charge in [-0.05, 0) is 80.4 Å². The van der Waals surface area contributed by atoms with Gasteiger partial charge in [0.15, 0.2) is 0 Å². The minimum absolute atomic E-state index is 0.0579. The molecule has 3 heteroatoms. The molecule has 0 bridgehead atoms. The first-order chi connectivity index (χ1) is 11.6. The fourth-order valence-electron chi connectivity index (χ4n) is 5.07. The zero-order chi connectivity index (χ0) is 16.9. The Balaban J connectivity index is 1.37. The van der Waals surface area contributed by atoms with Crippen LogP contribution < -0.4 is 11.5 Å². The zero-order valence-electron chi connectivity index (χ0n) is 15.4. The van der Waals surface area contributed by atoms with Crippen LogP contribution in [0.5, 0.6) is 0 Å². The number of nitrogens with two attached hydrogens (primary N) is 2. The van der Waals surface area contributed by atoms with E-state index in [4.69, 9.17) is 16.2 Å². The molecule has 1 atom stereocenters. The highest BCUT2D eigenvalue weighted by molar-refractivity contribution is 5.28. The number of allylic oxidation sites excluding steroid dienone is 1. The minimum atomic E-state index is 0.0579. The van der Waals surface area contributed by atoms with Crippen molar-refractivity contribution in [1.82, 2.24) is 0 Å². The summed E-state index contributed by atoms with van der Waals surface area (Å²) in [5.74, 6) is 2.97. The lowest BCUT2D eigenvalue weighted by atomic mass is 9.70. The van der Waals surface area contributed by atoms with Crippen LogP contribution >= 0.6 is 0 Å². The van der Waals surface area contributed by atoms with Crippen LogP contribution in [0.2, 0.25) is 0 Å². The highest BCUT2D eigenvalue weighted by Gasteiger charge is 2.30. The van der Waals surface area contributed by atoms with Crippen LogP contribution in [0.15, 0.2) is 23.4 Å². The van der Waals surface area contributed by atoms with E-state index >= 15 is 0 Å². The van der Waals surface area contributed by atoms with E-state index in [2.05, 4.69) is 6.92 Å². The molecule has 3 aliphatic carbocycles. The van der Waals surface area contributed by atoms with Crippen molar-refractivity contribution in [3.05, 3.63) is 23.4 Å². The lowest BCUT2D eigenvalue weighted by Crippen LogP contribution is -2.29. The molecule has 1 unspecified atom stereocenters. The highest BCUT2D eigenvalue weighted by Crippen LogP contribution is 2.41. The summed E-state index contributed by atoms with van der Waals surface area (Å²) in [5, 5.41) is 0. The fourth-order valence-corrected chi connectivity index (χ4v) is 5.07. The van der Waals surface area contributed by atoms with Gasteiger partial charge in [0.25, 0.3) is 0 Å². The standard InChI is InChI=1S/C21H36N2O/c1-2-15-3-5-17(6-4-15)18-7-9-21(10-8-18)24-14-16-11-19(22)13-20(23)12-16/h11,13,15,17-18,20-21H,2-10,12,14,22-23H2,1H3. The second kappa shape index (κ2) is 8.53. The van der Waals surface area contributed by atoms with E-state index in [1.54, 1.807) is 0 Å². The molecule has 136 valence electrons. The summed E-state index contributed by atoms with van der Waals surface area (Å²) in [5.41, 5.74) is 13.9. The van der Waals surface area contributed by atoms with Crippen LogP contribution in [-0.2, 0) is 4.74 Å². The number of ether oxygens (including phenoxy) is 1. The van der Waals surface area contributed by atoms with Crippen molar-refractivity contribution in [3.8, 4) is 0 Å². The van der Waals surface area contributed by atoms with Gasteiger partial charge in [-0.3, -0.25) is 0 Å². The van der Waals surface area contributed by atoms with E-state index in [0.717, 1.165) is 29.9 Å². The topological polar surface area (TPSA) is 61.3 Å². The summed E-state index contributed by atoms with van der Waals surface area (Å²) in [6, 6.07) is 0.0579. The Labute approximate surface area is 147 Å². The molecule has 4 N–H and O–H groups in total. The van der Waals surface area contributed by atoms with E-state index in [1.165, 1.54) is 63.4 Å². The van der Waals surface area contributed by atoms with Gasteiger partial charge in [-0.25, -0.2) is 0 Å². The molecular formula is C21H36N2O. The van der Waals surface area contributed by atoms with Crippen molar-refractivity contribution in [1.29, 1.82) is 0 Å². The quantitative estimate of drug-likeness (QED) is 0.790. The molecule has 3 rings (SSSR count). The molecule has 2 fully saturated rings. The molecule has 0 aromatic rings. The Morgan fingerprint density at radius 2 is 1.62 bits per heavy atom. The molecule has 3 nitrogen and oxygen atoms in total. The monoisotopic (exact) mass is 332 g/mol. The molecule has 0 aromatic carbocycles. The summed E-state index contributed by atoms with van der Waals surface area (Å²) in [6.45, 7) is 3.06. The summed E-state index contributed by atoms with van der Waals surface area (Å²) in [4.78, 5) is 0. The van der Waals surface area contributed by atoms with Gasteiger partial charge in [-0.15, -0.1) is 0 Å². The van der Waals surface area contributed by atoms with Gasteiger partial charge in [0.2, 0.25) is 0 Å². The van der Waals surface area contributed by atoms with Gasteiger partial charge in [0.1, 0.15) is 0 Å². The van der Waals surface area contributed by atoms with Gasteiger partial charge < -0.3 is 16.2 Å². The van der Waals surface area contributed by atoms with E-state index in [9.17, 15) is 0 Å². The van der Waals surface area contributed by atoms with Crippen molar-refractivity contribution >= 4 is 0 Å². The first kappa shape index (κ1) is 18.0. The van der Waals surface area contributed by atoms with Crippen LogP contribution in [0.1, 0.15) is 71.1 Å². The maximum atomic E-state index is 6.18. The van der Waals surface area contributed by atoms with Gasteiger partial charge in [-0.2, -0.15) is 0 Å². The second-order valence-corrected chi connectivity index (χ2v) is 8.37. The van der Waals surface area contributed by atoms with E-state index in [1.807, 2.05) is 12.2 Å². The third-order valence-electron chi connectivity index (χ3n) is 6.63. The molecule has 24 heavy (non-hydrogen) atoms. The summed E-state index contributed by atoms with van der Waals surface area (Å²) >= 11 is 0. The molecule has 0 amide bonds. The van der Waals surface area contributed by atoms with Crippen LogP contribution in [0.25, 0.3) is 0 Å². The van der Waals surface area contributed by atoms with Crippen molar-refractivity contribution in [2.45, 2.75) is 83.3 Å². The van der Waals surface area contributed by atoms with Crippen LogP contribution in [0.3, 0.4) is 0 Å². The van der Waals surface area contributed by atoms with Gasteiger partial charge in [0.05, 0.1) is 12.7 Å². The van der Waals surface area contributed by atoms with Gasteiger partial charge in [0, 0.05) is 11.7 Å². The second-order valence-electron chi connectivity index (χ2n) is 8.37. The summed E-state index contributed by atoms with van der Waals surface area (Å²) in [7, 11) is 0. The summed E-state index contributed by atoms with van der Waals surface area (Å²) < 4.78 is 6.18. The molecule has 0 aliphatic heterocycles. The lowest BCUT2D eigenvalue weighted by Gasteiger charge is -2.37. The van der Waals surface area contributed by atoms with Crippen molar-refractivity contribution in [3.63, 3.8) is 0 Å². The first-order valence-electron chi connectivity index (χ1n) is 10.2. The Kier molecular flexibility index (Phi) is 6.40. The predicted octanol–water partition coefficient (Wildman–Crippen LogP) is 4.28. The normalized spacial score (nSPS) is 37.7. The van der Waals surface area contributed by atoms with Crippen LogP contribution in [-0.4, -0.2) is 18.8 Å². The molecule has 0 saturated heterocycles. The SMILES string of the molecule is CCC1CCC(C2CCC(OCC3=CC(N)=CC(N)C3)CC2)CC1. The maximum Gasteiger partial charge on any atom is 0.0685 e. The van der Waals surface area contributed by atoms with Gasteiger partial charge in [-0.1, -0.05) is 26.2 Å². The van der Waals surface area contributed by atoms with Crippen molar-refractivity contribution in [2.24, 2.45) is 29.2 Å². The smallest absolute Gasteiger partial charge is 0.0685 e. The van der Waals surface area contributed by atoms with E-state index in [0.29, 0.717) is 12.7 Å². The third-order valence-corrected chi connectivity index (χ3v) is 6.63. The van der Waals surface area contributed by atoms with E-state index in [-0.39, 0.29) is 6.04 Å². The molecule has 0 spiro atoms. The highest BCUT2D eigenvalue weighted by atomic mass is 16.5. The van der Waals surface area contributed by atoms with Crippen molar-refractivity contribution < 1.29 is 4.74 Å². The molecule has 2 saturated carbocycles. The Bertz CT molecular complexity index is 454. The van der Waals surface area contributed by atoms with Crippen LogP contribution in [0, 0.1) is 17.8 Å². The first-order valence-corrected chi connectivity index (χ1v) is 10.2. The van der Waals surface area contributed by atoms with Gasteiger partial charge >= 0.3 is 0 Å². The number of hydrogen-bond acceptors (Lipinski definition) is 3. The Morgan fingerprint density at radius 1 is 1.00 bits per heavy atom. The van der Waals surface area contributed by atoms with Crippen molar-refractivity contribution in [2.75, 3.05) is 6.61 Å². The maximum absolute atomic E-state index is 6.18. The minimum Gasteiger partial charge on any atom is -0.399 e.